The van der Waals surface area contributed by atoms with E-state index in [2.05, 4.69) is 10.0 Å². The Kier molecular flexibility index (Phi) is 5.49. The Bertz CT molecular complexity index is 584. The van der Waals surface area contributed by atoms with Crippen LogP contribution in [0.3, 0.4) is 0 Å². The molecule has 1 aliphatic rings. The molecular formula is C15H20N4O3. The van der Waals surface area contributed by atoms with Gasteiger partial charge in [-0.1, -0.05) is 5.11 Å². The van der Waals surface area contributed by atoms with E-state index >= 15 is 0 Å². The van der Waals surface area contributed by atoms with Crippen LogP contribution in [0.25, 0.3) is 10.4 Å². The maximum absolute atomic E-state index is 12.3. The number of hydrogen-bond donors (Lipinski definition) is 0. The molecule has 0 N–H and O–H groups in total. The molecule has 7 nitrogen and oxygen atoms in total. The number of carbonyl (C=O) groups excluding carboxylic acids is 1. The topological polar surface area (TPSA) is 87.5 Å². The summed E-state index contributed by atoms with van der Waals surface area (Å²) in [7, 11) is 0. The summed E-state index contributed by atoms with van der Waals surface area (Å²) in [4.78, 5) is 16.7. The maximum Gasteiger partial charge on any atom is 0.227 e. The third kappa shape index (κ3) is 3.62. The molecule has 118 valence electrons. The molecule has 1 aliphatic heterocycles. The van der Waals surface area contributed by atoms with Crippen molar-refractivity contribution in [2.24, 2.45) is 11.0 Å². The minimum Gasteiger partial charge on any atom is -0.494 e. The zero-order valence-corrected chi connectivity index (χ0v) is 12.9. The first-order valence-electron chi connectivity index (χ1n) is 7.40. The molecule has 1 aromatic rings. The first-order chi connectivity index (χ1) is 10.7. The van der Waals surface area contributed by atoms with Gasteiger partial charge in [-0.2, -0.15) is 0 Å². The van der Waals surface area contributed by atoms with Crippen molar-refractivity contribution in [2.75, 3.05) is 31.2 Å². The van der Waals surface area contributed by atoms with Gasteiger partial charge < -0.3 is 14.4 Å². The van der Waals surface area contributed by atoms with Crippen molar-refractivity contribution in [2.45, 2.75) is 20.3 Å². The van der Waals surface area contributed by atoms with Gasteiger partial charge in [0.25, 0.3) is 0 Å². The normalized spacial score (nSPS) is 17.3. The van der Waals surface area contributed by atoms with Crippen LogP contribution < -0.4 is 14.4 Å². The van der Waals surface area contributed by atoms with Gasteiger partial charge in [-0.25, -0.2) is 0 Å². The first kappa shape index (κ1) is 16.0. The first-order valence-corrected chi connectivity index (χ1v) is 7.40. The molecule has 7 heteroatoms. The molecule has 1 atom stereocenters. The van der Waals surface area contributed by atoms with Gasteiger partial charge in [-0.15, -0.1) is 0 Å². The maximum atomic E-state index is 12.3. The van der Waals surface area contributed by atoms with Crippen LogP contribution in [0.4, 0.5) is 5.69 Å². The number of benzene rings is 1. The van der Waals surface area contributed by atoms with Crippen molar-refractivity contribution in [3.8, 4) is 11.5 Å². The Morgan fingerprint density at radius 2 is 2.14 bits per heavy atom. The second-order valence-corrected chi connectivity index (χ2v) is 4.98. The van der Waals surface area contributed by atoms with Gasteiger partial charge in [0.1, 0.15) is 11.5 Å². The lowest BCUT2D eigenvalue weighted by Gasteiger charge is -2.21. The quantitative estimate of drug-likeness (QED) is 0.440. The fourth-order valence-electron chi connectivity index (χ4n) is 2.53. The van der Waals surface area contributed by atoms with Crippen molar-refractivity contribution in [3.05, 3.63) is 28.6 Å². The van der Waals surface area contributed by atoms with Crippen LogP contribution in [0.2, 0.25) is 0 Å². The molecule has 1 amide bonds. The van der Waals surface area contributed by atoms with Crippen LogP contribution in [0, 0.1) is 5.92 Å². The average Bonchev–Trinajstić information content (AvgIpc) is 2.88. The minimum atomic E-state index is 0.00717. The summed E-state index contributed by atoms with van der Waals surface area (Å²) in [5, 5.41) is 3.57. The van der Waals surface area contributed by atoms with E-state index in [1.54, 1.807) is 4.90 Å². The zero-order chi connectivity index (χ0) is 15.9. The van der Waals surface area contributed by atoms with Gasteiger partial charge in [0.05, 0.1) is 18.9 Å². The number of carbonyl (C=O) groups is 1. The molecule has 0 spiro atoms. The lowest BCUT2D eigenvalue weighted by Crippen LogP contribution is -2.25. The number of ether oxygens (including phenoxy) is 2. The predicted molar refractivity (Wildman–Crippen MR) is 83.3 cm³/mol. The molecule has 0 radical (unpaired) electrons. The molecular weight excluding hydrogens is 284 g/mol. The molecule has 0 bridgehead atoms. The molecule has 0 aromatic heterocycles. The van der Waals surface area contributed by atoms with E-state index in [1.807, 2.05) is 32.0 Å². The average molecular weight is 304 g/mol. The van der Waals surface area contributed by atoms with Gasteiger partial charge in [0, 0.05) is 30.5 Å². The largest absolute Gasteiger partial charge is 0.494 e. The third-order valence-electron chi connectivity index (χ3n) is 3.44. The summed E-state index contributed by atoms with van der Waals surface area (Å²) in [5.41, 5.74) is 9.12. The van der Waals surface area contributed by atoms with E-state index in [9.17, 15) is 4.79 Å². The summed E-state index contributed by atoms with van der Waals surface area (Å²) in [5.74, 6) is 1.40. The van der Waals surface area contributed by atoms with Gasteiger partial charge in [0.2, 0.25) is 5.91 Å². The van der Waals surface area contributed by atoms with E-state index in [0.29, 0.717) is 49.9 Å². The highest BCUT2D eigenvalue weighted by Gasteiger charge is 2.32. The van der Waals surface area contributed by atoms with E-state index in [0.717, 1.165) is 0 Å². The van der Waals surface area contributed by atoms with Crippen molar-refractivity contribution >= 4 is 11.6 Å². The van der Waals surface area contributed by atoms with Crippen LogP contribution in [0.1, 0.15) is 20.3 Å². The Balaban J connectivity index is 2.26. The molecule has 1 fully saturated rings. The minimum absolute atomic E-state index is 0.00717. The van der Waals surface area contributed by atoms with Gasteiger partial charge in [0.15, 0.2) is 0 Å². The fraction of sp³-hybridized carbons (Fsp3) is 0.533. The Morgan fingerprint density at radius 1 is 1.36 bits per heavy atom. The lowest BCUT2D eigenvalue weighted by atomic mass is 10.1. The number of hydrogen-bond acceptors (Lipinski definition) is 4. The van der Waals surface area contributed by atoms with Crippen LogP contribution in [-0.2, 0) is 4.79 Å². The SMILES string of the molecule is CCOc1ccc(OCC)c(N2CC(CN=[N+]=[N-])CC2=O)c1. The number of nitrogens with zero attached hydrogens (tertiary/aromatic N) is 4. The number of azide groups is 1. The monoisotopic (exact) mass is 304 g/mol. The Hall–Kier alpha value is -2.40. The molecule has 0 aliphatic carbocycles. The van der Waals surface area contributed by atoms with E-state index in [4.69, 9.17) is 15.0 Å². The Morgan fingerprint density at radius 3 is 2.82 bits per heavy atom. The van der Waals surface area contributed by atoms with E-state index in [-0.39, 0.29) is 11.8 Å². The molecule has 1 saturated heterocycles. The molecule has 0 saturated carbocycles. The molecule has 22 heavy (non-hydrogen) atoms. The van der Waals surface area contributed by atoms with Gasteiger partial charge in [-0.05, 0) is 37.4 Å². The van der Waals surface area contributed by atoms with Crippen LogP contribution in [0.15, 0.2) is 23.3 Å². The van der Waals surface area contributed by atoms with Crippen molar-refractivity contribution < 1.29 is 14.3 Å². The molecule has 1 unspecified atom stereocenters. The highest BCUT2D eigenvalue weighted by molar-refractivity contribution is 5.97. The predicted octanol–water partition coefficient (Wildman–Crippen LogP) is 3.15. The molecule has 1 aromatic carbocycles. The van der Waals surface area contributed by atoms with Gasteiger partial charge >= 0.3 is 0 Å². The lowest BCUT2D eigenvalue weighted by molar-refractivity contribution is -0.117. The van der Waals surface area contributed by atoms with Crippen molar-refractivity contribution in [1.82, 2.24) is 0 Å². The fourth-order valence-corrected chi connectivity index (χ4v) is 2.53. The summed E-state index contributed by atoms with van der Waals surface area (Å²) in [6.07, 6.45) is 0.378. The summed E-state index contributed by atoms with van der Waals surface area (Å²) >= 11 is 0. The second-order valence-electron chi connectivity index (χ2n) is 4.98. The second kappa shape index (κ2) is 7.56. The number of amides is 1. The molecule has 1 heterocycles. The van der Waals surface area contributed by atoms with Crippen molar-refractivity contribution in [3.63, 3.8) is 0 Å². The Labute approximate surface area is 129 Å². The third-order valence-corrected chi connectivity index (χ3v) is 3.44. The smallest absolute Gasteiger partial charge is 0.227 e. The molecule has 2 rings (SSSR count). The van der Waals surface area contributed by atoms with Crippen LogP contribution >= 0.6 is 0 Å². The number of rotatable bonds is 7. The van der Waals surface area contributed by atoms with Crippen LogP contribution in [0.5, 0.6) is 11.5 Å². The highest BCUT2D eigenvalue weighted by Crippen LogP contribution is 2.36. The summed E-state index contributed by atoms with van der Waals surface area (Å²) in [6.45, 7) is 5.73. The zero-order valence-electron chi connectivity index (χ0n) is 12.9. The standard InChI is InChI=1S/C15H20N4O3/c1-3-21-12-5-6-14(22-4-2)13(8-12)19-10-11(7-15(19)20)9-17-18-16/h5-6,8,11H,3-4,7,9-10H2,1-2H3. The highest BCUT2D eigenvalue weighted by atomic mass is 16.5. The van der Waals surface area contributed by atoms with Gasteiger partial charge in [-0.3, -0.25) is 4.79 Å². The number of anilines is 1. The van der Waals surface area contributed by atoms with E-state index < -0.39 is 0 Å². The summed E-state index contributed by atoms with van der Waals surface area (Å²) in [6, 6.07) is 5.47. The van der Waals surface area contributed by atoms with Crippen molar-refractivity contribution in [1.29, 1.82) is 0 Å². The van der Waals surface area contributed by atoms with E-state index in [1.165, 1.54) is 0 Å². The van der Waals surface area contributed by atoms with Crippen LogP contribution in [-0.4, -0.2) is 32.2 Å². The summed E-state index contributed by atoms with van der Waals surface area (Å²) < 4.78 is 11.1.